The van der Waals surface area contributed by atoms with Crippen molar-refractivity contribution < 1.29 is 14.3 Å². The first-order chi connectivity index (χ1) is 17.8. The summed E-state index contributed by atoms with van der Waals surface area (Å²) in [5.74, 6) is 0.266. The van der Waals surface area contributed by atoms with Gasteiger partial charge in [0.15, 0.2) is 5.69 Å². The molecule has 2 aromatic rings. The van der Waals surface area contributed by atoms with Crippen molar-refractivity contribution in [1.29, 1.82) is 5.26 Å². The number of piperidine rings is 1. The molecule has 1 saturated heterocycles. The monoisotopic (exact) mass is 503 g/mol. The van der Waals surface area contributed by atoms with Gasteiger partial charge < -0.3 is 26.4 Å². The molecule has 3 heterocycles. The number of hydrogen-bond acceptors (Lipinski definition) is 10. The van der Waals surface area contributed by atoms with E-state index in [1.165, 1.54) is 0 Å². The first-order valence-corrected chi connectivity index (χ1v) is 12.7. The number of nitrogens with zero attached hydrogens (tertiary/aromatic N) is 6. The van der Waals surface area contributed by atoms with Gasteiger partial charge in [-0.2, -0.15) is 20.2 Å². The molecule has 7 rings (SSSR count). The van der Waals surface area contributed by atoms with Crippen LogP contribution in [-0.4, -0.2) is 57.0 Å². The minimum atomic E-state index is -0.649. The Morgan fingerprint density at radius 1 is 1.14 bits per heavy atom. The summed E-state index contributed by atoms with van der Waals surface area (Å²) in [6, 6.07) is 5.84. The van der Waals surface area contributed by atoms with Gasteiger partial charge in [-0.1, -0.05) is 0 Å². The van der Waals surface area contributed by atoms with Crippen LogP contribution in [0.3, 0.4) is 0 Å². The molecular weight excluding hydrogens is 474 g/mol. The van der Waals surface area contributed by atoms with E-state index in [9.17, 15) is 14.9 Å². The molecule has 5 fully saturated rings. The molecule has 0 atom stereocenters. The summed E-state index contributed by atoms with van der Waals surface area (Å²) in [5.41, 5.74) is 11.8. The van der Waals surface area contributed by atoms with Gasteiger partial charge in [0.05, 0.1) is 17.2 Å². The molecule has 37 heavy (non-hydrogen) atoms. The summed E-state index contributed by atoms with van der Waals surface area (Å²) >= 11 is 0. The van der Waals surface area contributed by atoms with E-state index >= 15 is 0 Å². The number of primary amides is 1. The molecule has 0 aromatic carbocycles. The Morgan fingerprint density at radius 3 is 2.46 bits per heavy atom. The third-order valence-corrected chi connectivity index (χ3v) is 8.17. The second-order valence-electron chi connectivity index (χ2n) is 10.9. The number of nitriles is 1. The number of amides is 2. The Hall–Kier alpha value is -4.01. The number of hydrogen-bond donors (Lipinski definition) is 3. The Bertz CT molecular complexity index is 1290. The summed E-state index contributed by atoms with van der Waals surface area (Å²) in [7, 11) is 0. The third kappa shape index (κ3) is 4.39. The van der Waals surface area contributed by atoms with Crippen molar-refractivity contribution in [3.63, 3.8) is 0 Å². The maximum atomic E-state index is 13.0. The highest BCUT2D eigenvalue weighted by Crippen LogP contribution is 2.57. The van der Waals surface area contributed by atoms with Crippen molar-refractivity contribution >= 4 is 23.5 Å². The zero-order valence-electron chi connectivity index (χ0n) is 20.4. The fourth-order valence-electron chi connectivity index (χ4n) is 5.51. The summed E-state index contributed by atoms with van der Waals surface area (Å²) in [6.45, 7) is 1.41. The topological polar surface area (TPSA) is 186 Å². The molecule has 5 N–H and O–H groups in total. The predicted molar refractivity (Wildman–Crippen MR) is 131 cm³/mol. The number of aromatic nitrogens is 4. The lowest BCUT2D eigenvalue weighted by atomic mass is 9.50. The second kappa shape index (κ2) is 8.54. The first-order valence-electron chi connectivity index (χ1n) is 12.7. The van der Waals surface area contributed by atoms with Crippen LogP contribution in [0.5, 0.6) is 6.01 Å². The van der Waals surface area contributed by atoms with Gasteiger partial charge in [-0.25, -0.2) is 4.98 Å². The number of anilines is 2. The molecule has 0 unspecified atom stereocenters. The lowest BCUT2D eigenvalue weighted by Crippen LogP contribution is -2.68. The predicted octanol–water partition coefficient (Wildman–Crippen LogP) is 1.30. The van der Waals surface area contributed by atoms with Gasteiger partial charge >= 0.3 is 6.01 Å². The second-order valence-corrected chi connectivity index (χ2v) is 10.9. The minimum Gasteiger partial charge on any atom is -0.462 e. The van der Waals surface area contributed by atoms with Crippen molar-refractivity contribution in [2.24, 2.45) is 17.1 Å². The smallest absolute Gasteiger partial charge is 0.322 e. The van der Waals surface area contributed by atoms with Crippen molar-refractivity contribution in [1.82, 2.24) is 25.3 Å². The fourth-order valence-corrected chi connectivity index (χ4v) is 5.51. The molecule has 0 spiro atoms. The Labute approximate surface area is 213 Å². The van der Waals surface area contributed by atoms with E-state index in [1.807, 2.05) is 11.0 Å². The molecule has 2 amide bonds. The zero-order chi connectivity index (χ0) is 25.8. The van der Waals surface area contributed by atoms with E-state index in [1.54, 1.807) is 6.07 Å². The number of carbonyl (C=O) groups is 2. The maximum Gasteiger partial charge on any atom is 0.322 e. The number of nitrogens with one attached hydrogen (secondary N) is 1. The number of rotatable bonds is 8. The highest BCUT2D eigenvalue weighted by molar-refractivity contribution is 5.95. The molecule has 1 aliphatic heterocycles. The first kappa shape index (κ1) is 23.4. The van der Waals surface area contributed by atoms with E-state index in [2.05, 4.69) is 31.3 Å². The van der Waals surface area contributed by atoms with Gasteiger partial charge in [0.25, 0.3) is 11.8 Å². The number of ether oxygens (including phenoxy) is 1. The molecule has 4 saturated carbocycles. The van der Waals surface area contributed by atoms with Crippen LogP contribution in [0.1, 0.15) is 77.7 Å². The van der Waals surface area contributed by atoms with E-state index in [0.717, 1.165) is 56.6 Å². The highest BCUT2D eigenvalue weighted by Gasteiger charge is 2.57. The third-order valence-electron chi connectivity index (χ3n) is 8.17. The van der Waals surface area contributed by atoms with E-state index < -0.39 is 11.3 Å². The quantitative estimate of drug-likeness (QED) is 0.474. The van der Waals surface area contributed by atoms with Crippen LogP contribution in [-0.2, 0) is 0 Å². The molecule has 12 heteroatoms. The molecule has 2 bridgehead atoms. The van der Waals surface area contributed by atoms with E-state index in [4.69, 9.17) is 16.2 Å². The Kier molecular flexibility index (Phi) is 5.40. The number of nitrogen functional groups attached to an aromatic ring is 1. The SMILES string of the molecule is N#CC1(COc2nc(C(=O)NC34CC(C3)C4)nc(N3CCC(c4ccc(N)c(C(N)=O)n4)CC3)n2)CC1. The Morgan fingerprint density at radius 2 is 1.86 bits per heavy atom. The van der Waals surface area contributed by atoms with Crippen molar-refractivity contribution in [3.05, 3.63) is 29.3 Å². The molecule has 0 radical (unpaired) electrons. The average Bonchev–Trinajstić information content (AvgIpc) is 3.65. The molecule has 4 aliphatic carbocycles. The van der Waals surface area contributed by atoms with Crippen LogP contribution >= 0.6 is 0 Å². The number of nitrogens with two attached hydrogens (primary N) is 2. The van der Waals surface area contributed by atoms with Gasteiger partial charge in [-0.15, -0.1) is 0 Å². The molecular formula is C25H29N9O3. The number of carbonyl (C=O) groups excluding carboxylic acids is 2. The lowest BCUT2D eigenvalue weighted by Gasteiger charge is -2.61. The standard InChI is InChI=1S/C25H29N9O3/c26-12-24(5-6-24)13-37-23-31-20(21(36)33-25-9-14(10-25)11-25)30-22(32-23)34-7-3-15(4-8-34)17-2-1-16(27)18(29-17)19(28)35/h1-2,14-15H,3-11,13,27H2,(H2,28,35)(H,33,36). The molecule has 12 nitrogen and oxygen atoms in total. The highest BCUT2D eigenvalue weighted by atomic mass is 16.5. The van der Waals surface area contributed by atoms with Gasteiger partial charge in [0.2, 0.25) is 11.8 Å². The summed E-state index contributed by atoms with van der Waals surface area (Å²) in [5, 5.41) is 12.5. The van der Waals surface area contributed by atoms with E-state index in [0.29, 0.717) is 19.0 Å². The molecule has 192 valence electrons. The molecule has 5 aliphatic rings. The number of pyridine rings is 1. The largest absolute Gasteiger partial charge is 0.462 e. The van der Waals surface area contributed by atoms with Crippen molar-refractivity contribution in [2.75, 3.05) is 30.3 Å². The van der Waals surface area contributed by atoms with Crippen LogP contribution in [0, 0.1) is 22.7 Å². The van der Waals surface area contributed by atoms with E-state index in [-0.39, 0.29) is 47.2 Å². The van der Waals surface area contributed by atoms with Crippen LogP contribution in [0.15, 0.2) is 12.1 Å². The molecule has 2 aromatic heterocycles. The van der Waals surface area contributed by atoms with Crippen LogP contribution in [0.2, 0.25) is 0 Å². The van der Waals surface area contributed by atoms with Crippen LogP contribution in [0.25, 0.3) is 0 Å². The van der Waals surface area contributed by atoms with Crippen LogP contribution < -0.4 is 26.4 Å². The lowest BCUT2D eigenvalue weighted by molar-refractivity contribution is -0.0441. The van der Waals surface area contributed by atoms with Gasteiger partial charge in [-0.05, 0) is 63.0 Å². The maximum absolute atomic E-state index is 13.0. The minimum absolute atomic E-state index is 0.0277. The van der Waals surface area contributed by atoms with Gasteiger partial charge in [0, 0.05) is 30.2 Å². The van der Waals surface area contributed by atoms with Gasteiger partial charge in [0.1, 0.15) is 6.61 Å². The van der Waals surface area contributed by atoms with Crippen molar-refractivity contribution in [3.8, 4) is 12.1 Å². The normalized spacial score (nSPS) is 25.3. The average molecular weight is 504 g/mol. The van der Waals surface area contributed by atoms with Gasteiger partial charge in [-0.3, -0.25) is 9.59 Å². The Balaban J connectivity index is 1.19. The summed E-state index contributed by atoms with van der Waals surface area (Å²) in [4.78, 5) is 44.4. The summed E-state index contributed by atoms with van der Waals surface area (Å²) < 4.78 is 5.81. The fraction of sp³-hybridized carbons (Fsp3) is 0.560. The van der Waals surface area contributed by atoms with Crippen LogP contribution in [0.4, 0.5) is 11.6 Å². The van der Waals surface area contributed by atoms with Crippen molar-refractivity contribution in [2.45, 2.75) is 56.4 Å². The summed E-state index contributed by atoms with van der Waals surface area (Å²) in [6.07, 6.45) is 6.06. The zero-order valence-corrected chi connectivity index (χ0v) is 20.4.